The quantitative estimate of drug-likeness (QED) is 0.287. The van der Waals surface area contributed by atoms with Gasteiger partial charge in [0.05, 0.1) is 4.92 Å². The van der Waals surface area contributed by atoms with Gasteiger partial charge in [0, 0.05) is 35.2 Å². The summed E-state index contributed by atoms with van der Waals surface area (Å²) in [5.74, 6) is 0.412. The van der Waals surface area contributed by atoms with Crippen molar-refractivity contribution in [2.75, 3.05) is 5.32 Å². The second-order valence-electron chi connectivity index (χ2n) is 6.99. The van der Waals surface area contributed by atoms with Gasteiger partial charge >= 0.3 is 0 Å². The summed E-state index contributed by atoms with van der Waals surface area (Å²) in [7, 11) is 0. The number of amides is 1. The summed E-state index contributed by atoms with van der Waals surface area (Å²) in [6, 6.07) is 23.2. The second-order valence-corrected chi connectivity index (χ2v) is 8.10. The molecule has 0 bridgehead atoms. The lowest BCUT2D eigenvalue weighted by Gasteiger charge is -2.07. The van der Waals surface area contributed by atoms with Gasteiger partial charge < -0.3 is 4.74 Å². The first-order chi connectivity index (χ1) is 15.6. The van der Waals surface area contributed by atoms with Crippen LogP contribution in [0.25, 0.3) is 0 Å². The lowest BCUT2D eigenvalue weighted by Crippen LogP contribution is -2.11. The highest BCUT2D eigenvalue weighted by Crippen LogP contribution is 2.24. The molecule has 1 amide bonds. The lowest BCUT2D eigenvalue weighted by molar-refractivity contribution is -0.384. The van der Waals surface area contributed by atoms with Crippen molar-refractivity contribution < 1.29 is 14.5 Å². The molecule has 0 spiro atoms. The van der Waals surface area contributed by atoms with Crippen LogP contribution in [0.5, 0.6) is 5.75 Å². The van der Waals surface area contributed by atoms with Gasteiger partial charge in [-0.15, -0.1) is 11.3 Å². The molecule has 0 atom stereocenters. The van der Waals surface area contributed by atoms with Gasteiger partial charge in [0.2, 0.25) is 0 Å². The number of aromatic nitrogens is 1. The Labute approximate surface area is 188 Å². The Balaban J connectivity index is 1.33. The van der Waals surface area contributed by atoms with Crippen molar-refractivity contribution in [2.24, 2.45) is 0 Å². The number of hydrogen-bond acceptors (Lipinski definition) is 6. The minimum Gasteiger partial charge on any atom is -0.489 e. The highest BCUT2D eigenvalue weighted by molar-refractivity contribution is 7.15. The average molecular weight is 446 g/mol. The van der Waals surface area contributed by atoms with Crippen LogP contribution in [0.4, 0.5) is 10.8 Å². The van der Waals surface area contributed by atoms with E-state index in [2.05, 4.69) is 10.3 Å². The average Bonchev–Trinajstić information content (AvgIpc) is 3.25. The number of nitro benzene ring substituents is 1. The summed E-state index contributed by atoms with van der Waals surface area (Å²) < 4.78 is 5.74. The van der Waals surface area contributed by atoms with Gasteiger partial charge in [-0.1, -0.05) is 42.5 Å². The highest BCUT2D eigenvalue weighted by Gasteiger charge is 2.11. The third-order valence-electron chi connectivity index (χ3n) is 4.64. The fourth-order valence-corrected chi connectivity index (χ4v) is 3.88. The highest BCUT2D eigenvalue weighted by atomic mass is 32.1. The van der Waals surface area contributed by atoms with E-state index >= 15 is 0 Å². The number of benzene rings is 3. The molecule has 160 valence electrons. The number of hydrogen-bond donors (Lipinski definition) is 1. The Kier molecular flexibility index (Phi) is 6.52. The summed E-state index contributed by atoms with van der Waals surface area (Å²) >= 11 is 1.34. The first-order valence-electron chi connectivity index (χ1n) is 9.83. The van der Waals surface area contributed by atoms with Crippen molar-refractivity contribution in [3.05, 3.63) is 117 Å². The van der Waals surface area contributed by atoms with E-state index in [1.54, 1.807) is 42.6 Å². The number of rotatable bonds is 8. The van der Waals surface area contributed by atoms with Crippen LogP contribution in [-0.2, 0) is 13.0 Å². The Bertz CT molecular complexity index is 1220. The zero-order valence-electron chi connectivity index (χ0n) is 16.9. The number of carbonyl (C=O) groups excluding carboxylic acids is 1. The minimum atomic E-state index is -0.417. The SMILES string of the molecule is O=C(Nc1ncc(Cc2cccc([N+](=O)[O-])c2)s1)c1ccc(OCc2ccccc2)cc1. The van der Waals surface area contributed by atoms with Gasteiger partial charge in [0.15, 0.2) is 5.13 Å². The van der Waals surface area contributed by atoms with Crippen LogP contribution in [0.3, 0.4) is 0 Å². The van der Waals surface area contributed by atoms with Crippen molar-refractivity contribution in [2.45, 2.75) is 13.0 Å². The van der Waals surface area contributed by atoms with Crippen molar-refractivity contribution in [1.29, 1.82) is 0 Å². The molecule has 1 heterocycles. The zero-order chi connectivity index (χ0) is 22.3. The molecule has 1 aromatic heterocycles. The molecular weight excluding hydrogens is 426 g/mol. The summed E-state index contributed by atoms with van der Waals surface area (Å²) in [4.78, 5) is 28.2. The Morgan fingerprint density at radius 2 is 1.75 bits per heavy atom. The van der Waals surface area contributed by atoms with E-state index < -0.39 is 4.92 Å². The monoisotopic (exact) mass is 445 g/mol. The fraction of sp³-hybridized carbons (Fsp3) is 0.0833. The van der Waals surface area contributed by atoms with Crippen LogP contribution in [0.15, 0.2) is 85.1 Å². The fourth-order valence-electron chi connectivity index (χ4n) is 3.04. The van der Waals surface area contributed by atoms with Crippen LogP contribution in [-0.4, -0.2) is 15.8 Å². The summed E-state index contributed by atoms with van der Waals surface area (Å²) in [5, 5.41) is 14.2. The summed E-state index contributed by atoms with van der Waals surface area (Å²) in [6.07, 6.45) is 2.17. The molecule has 32 heavy (non-hydrogen) atoms. The van der Waals surface area contributed by atoms with Gasteiger partial charge in [0.1, 0.15) is 12.4 Å². The van der Waals surface area contributed by atoms with Crippen molar-refractivity contribution in [1.82, 2.24) is 4.98 Å². The molecule has 0 aliphatic heterocycles. The van der Waals surface area contributed by atoms with Gasteiger partial charge in [-0.3, -0.25) is 20.2 Å². The van der Waals surface area contributed by atoms with Crippen molar-refractivity contribution >= 4 is 28.1 Å². The molecule has 4 aromatic rings. The molecule has 8 heteroatoms. The van der Waals surface area contributed by atoms with E-state index in [1.165, 1.54) is 17.4 Å². The van der Waals surface area contributed by atoms with Crippen LogP contribution in [0, 0.1) is 10.1 Å². The third kappa shape index (κ3) is 5.55. The van der Waals surface area contributed by atoms with Crippen LogP contribution < -0.4 is 10.1 Å². The van der Waals surface area contributed by atoms with E-state index in [1.807, 2.05) is 36.4 Å². The number of anilines is 1. The smallest absolute Gasteiger partial charge is 0.269 e. The largest absolute Gasteiger partial charge is 0.489 e. The van der Waals surface area contributed by atoms with Crippen molar-refractivity contribution in [3.63, 3.8) is 0 Å². The number of nitrogens with one attached hydrogen (secondary N) is 1. The molecule has 3 aromatic carbocycles. The maximum absolute atomic E-state index is 12.5. The number of nitro groups is 1. The van der Waals surface area contributed by atoms with Gasteiger partial charge in [-0.2, -0.15) is 0 Å². The van der Waals surface area contributed by atoms with Crippen LogP contribution in [0.2, 0.25) is 0 Å². The topological polar surface area (TPSA) is 94.4 Å². The van der Waals surface area contributed by atoms with E-state index in [4.69, 9.17) is 4.74 Å². The van der Waals surface area contributed by atoms with Crippen molar-refractivity contribution in [3.8, 4) is 5.75 Å². The zero-order valence-corrected chi connectivity index (χ0v) is 17.7. The number of carbonyl (C=O) groups is 1. The lowest BCUT2D eigenvalue weighted by atomic mass is 10.1. The Morgan fingerprint density at radius 1 is 1.00 bits per heavy atom. The Hall–Kier alpha value is -4.04. The number of ether oxygens (including phenoxy) is 1. The third-order valence-corrected chi connectivity index (χ3v) is 5.55. The molecule has 0 radical (unpaired) electrons. The first-order valence-corrected chi connectivity index (χ1v) is 10.6. The number of thiazole rings is 1. The standard InChI is InChI=1S/C24H19N3O4S/c28-23(19-9-11-21(12-10-19)31-16-17-5-2-1-3-6-17)26-24-25-15-22(32-24)14-18-7-4-8-20(13-18)27(29)30/h1-13,15H,14,16H2,(H,25,26,28). The molecule has 0 aliphatic rings. The van der Waals surface area contributed by atoms with Crippen LogP contribution in [0.1, 0.15) is 26.4 Å². The van der Waals surface area contributed by atoms with E-state index in [0.29, 0.717) is 29.5 Å². The summed E-state index contributed by atoms with van der Waals surface area (Å²) in [6.45, 7) is 0.457. The van der Waals surface area contributed by atoms with E-state index in [-0.39, 0.29) is 11.6 Å². The molecule has 0 saturated heterocycles. The molecule has 7 nitrogen and oxygen atoms in total. The Morgan fingerprint density at radius 3 is 2.50 bits per heavy atom. The molecular formula is C24H19N3O4S. The second kappa shape index (κ2) is 9.84. The predicted molar refractivity (Wildman–Crippen MR) is 123 cm³/mol. The van der Waals surface area contributed by atoms with Gasteiger partial charge in [-0.25, -0.2) is 4.98 Å². The maximum atomic E-state index is 12.5. The van der Waals surface area contributed by atoms with E-state index in [9.17, 15) is 14.9 Å². The molecule has 0 fully saturated rings. The first kappa shape index (κ1) is 21.2. The van der Waals surface area contributed by atoms with Crippen LogP contribution >= 0.6 is 11.3 Å². The normalized spacial score (nSPS) is 10.5. The molecule has 4 rings (SSSR count). The minimum absolute atomic E-state index is 0.0525. The molecule has 0 unspecified atom stereocenters. The predicted octanol–water partition coefficient (Wildman–Crippen LogP) is 5.47. The van der Waals surface area contributed by atoms with Gasteiger partial charge in [0.25, 0.3) is 11.6 Å². The maximum Gasteiger partial charge on any atom is 0.269 e. The molecule has 0 aliphatic carbocycles. The number of non-ortho nitro benzene ring substituents is 1. The van der Waals surface area contributed by atoms with Gasteiger partial charge in [-0.05, 0) is 35.4 Å². The summed E-state index contributed by atoms with van der Waals surface area (Å²) in [5.41, 5.74) is 2.43. The van der Waals surface area contributed by atoms with E-state index in [0.717, 1.165) is 16.0 Å². The molecule has 0 saturated carbocycles. The number of nitrogens with zero attached hydrogens (tertiary/aromatic N) is 2. The molecule has 1 N–H and O–H groups in total.